The maximum Gasteiger partial charge on any atom is 0.178 e. The van der Waals surface area contributed by atoms with E-state index in [1.165, 1.54) is 24.8 Å². The van der Waals surface area contributed by atoms with Gasteiger partial charge in [0.15, 0.2) is 5.78 Å². The molecular formula is C31H48FNO4. The molecule has 1 aromatic carbocycles. The summed E-state index contributed by atoms with van der Waals surface area (Å²) in [4.78, 5) is 15.0. The molecule has 0 unspecified atom stereocenters. The number of carbonyl (C=O) groups excluding carboxylic acids is 1. The number of carbonyl (C=O) groups is 1. The molecule has 0 aromatic heterocycles. The summed E-state index contributed by atoms with van der Waals surface area (Å²) in [5.74, 6) is 0.448. The molecule has 208 valence electrons. The Balaban J connectivity index is 0.000000619. The van der Waals surface area contributed by atoms with E-state index < -0.39 is 0 Å². The first-order chi connectivity index (χ1) is 17.0. The second kappa shape index (κ2) is 16.3. The van der Waals surface area contributed by atoms with Crippen LogP contribution in [0.25, 0.3) is 0 Å². The highest BCUT2D eigenvalue weighted by atomic mass is 19.1. The lowest BCUT2D eigenvalue weighted by Crippen LogP contribution is -2.35. The minimum absolute atomic E-state index is 0.0361. The molecule has 1 aromatic rings. The number of hydrogen-bond donors (Lipinski definition) is 0. The van der Waals surface area contributed by atoms with Crippen molar-refractivity contribution in [2.24, 2.45) is 10.4 Å². The van der Waals surface area contributed by atoms with Crippen molar-refractivity contribution in [3.05, 3.63) is 71.9 Å². The average molecular weight is 518 g/mol. The Morgan fingerprint density at radius 2 is 1.76 bits per heavy atom. The molecule has 1 aliphatic rings. The van der Waals surface area contributed by atoms with Crippen LogP contribution in [0.4, 0.5) is 4.39 Å². The summed E-state index contributed by atoms with van der Waals surface area (Å²) in [7, 11) is 1.71. The van der Waals surface area contributed by atoms with Gasteiger partial charge in [-0.25, -0.2) is 9.38 Å². The zero-order valence-corrected chi connectivity index (χ0v) is 24.7. The molecule has 6 heteroatoms. The number of ketones is 1. The molecule has 0 bridgehead atoms. The van der Waals surface area contributed by atoms with Gasteiger partial charge in [0, 0.05) is 14.0 Å². The van der Waals surface area contributed by atoms with Gasteiger partial charge in [-0.1, -0.05) is 57.5 Å². The number of aliphatic imine (C=N–C) groups is 1. The van der Waals surface area contributed by atoms with Crippen LogP contribution in [0.15, 0.2) is 60.0 Å². The highest BCUT2D eigenvalue weighted by Gasteiger charge is 2.32. The van der Waals surface area contributed by atoms with Crippen molar-refractivity contribution in [1.82, 2.24) is 0 Å². The SMILES string of the molecule is C=C(C)C.C=CC(=N/C=C(\C)OC1COC1)C(C)=O.COCC(C)(C)CC(C)(C)c1cc(C)ccc1F. The molecule has 1 saturated heterocycles. The Kier molecular flexibility index (Phi) is 15.2. The third-order valence-corrected chi connectivity index (χ3v) is 5.21. The van der Waals surface area contributed by atoms with Gasteiger partial charge in [-0.2, -0.15) is 0 Å². The Labute approximate surface area is 224 Å². The maximum absolute atomic E-state index is 14.0. The van der Waals surface area contributed by atoms with E-state index in [1.54, 1.807) is 20.1 Å². The first-order valence-electron chi connectivity index (χ1n) is 12.5. The maximum atomic E-state index is 14.0. The standard InChI is InChI=1S/C16H25FO.C11H15NO3.C4H8/c1-12-7-8-14(17)13(9-12)16(4,5)10-15(2,3)11-18-6;1-4-11(9(3)13)12-5-8(2)15-10-6-14-7-10;1-4(2)3/h7-9H,10-11H2,1-6H3;4-5,10H,1,6-7H2,2-3H3;1H2,2-3H3/b;8-5+,12-11?;. The van der Waals surface area contributed by atoms with Gasteiger partial charge in [-0.3, -0.25) is 4.79 Å². The summed E-state index contributed by atoms with van der Waals surface area (Å²) in [5, 5.41) is 0. The molecule has 37 heavy (non-hydrogen) atoms. The molecular weight excluding hydrogens is 469 g/mol. The molecule has 2 rings (SSSR count). The Hall–Kier alpha value is -2.57. The van der Waals surface area contributed by atoms with Crippen LogP contribution in [-0.2, 0) is 24.4 Å². The number of nitrogens with zero attached hydrogens (tertiary/aromatic N) is 1. The number of aryl methyl sites for hydroxylation is 1. The van der Waals surface area contributed by atoms with Crippen molar-refractivity contribution < 1.29 is 23.4 Å². The van der Waals surface area contributed by atoms with Crippen LogP contribution < -0.4 is 0 Å². The van der Waals surface area contributed by atoms with Crippen LogP contribution in [-0.4, -0.2) is 44.5 Å². The van der Waals surface area contributed by atoms with Crippen LogP contribution in [0, 0.1) is 18.2 Å². The second-order valence-electron chi connectivity index (χ2n) is 11.1. The summed E-state index contributed by atoms with van der Waals surface area (Å²) >= 11 is 0. The average Bonchev–Trinajstić information content (AvgIpc) is 2.72. The van der Waals surface area contributed by atoms with Crippen molar-refractivity contribution in [2.75, 3.05) is 26.9 Å². The van der Waals surface area contributed by atoms with E-state index in [-0.39, 0.29) is 28.5 Å². The Morgan fingerprint density at radius 1 is 1.19 bits per heavy atom. The molecule has 0 spiro atoms. The number of allylic oxidation sites excluding steroid dienone is 3. The molecule has 1 heterocycles. The molecule has 0 saturated carbocycles. The van der Waals surface area contributed by atoms with Gasteiger partial charge in [0.25, 0.3) is 0 Å². The highest BCUT2D eigenvalue weighted by Crippen LogP contribution is 2.38. The number of halogens is 1. The first kappa shape index (κ1) is 34.4. The van der Waals surface area contributed by atoms with Gasteiger partial charge in [0.05, 0.1) is 26.0 Å². The minimum atomic E-state index is -0.196. The molecule has 0 atom stereocenters. The fraction of sp³-hybridized carbons (Fsp3) is 0.548. The molecule has 0 N–H and O–H groups in total. The summed E-state index contributed by atoms with van der Waals surface area (Å²) in [6, 6.07) is 5.34. The van der Waals surface area contributed by atoms with Gasteiger partial charge in [-0.05, 0) is 62.7 Å². The van der Waals surface area contributed by atoms with E-state index in [0.29, 0.717) is 31.3 Å². The Bertz CT molecular complexity index is 952. The monoisotopic (exact) mass is 517 g/mol. The lowest BCUT2D eigenvalue weighted by molar-refractivity contribution is -0.111. The quantitative estimate of drug-likeness (QED) is 0.183. The van der Waals surface area contributed by atoms with Crippen LogP contribution in [0.1, 0.15) is 72.9 Å². The van der Waals surface area contributed by atoms with Crippen molar-refractivity contribution >= 4 is 11.5 Å². The highest BCUT2D eigenvalue weighted by molar-refractivity contribution is 6.43. The predicted molar refractivity (Wildman–Crippen MR) is 153 cm³/mol. The predicted octanol–water partition coefficient (Wildman–Crippen LogP) is 7.54. The zero-order chi connectivity index (χ0) is 28.8. The van der Waals surface area contributed by atoms with Gasteiger partial charge < -0.3 is 14.2 Å². The van der Waals surface area contributed by atoms with E-state index in [4.69, 9.17) is 14.2 Å². The molecule has 0 amide bonds. The van der Waals surface area contributed by atoms with Crippen LogP contribution in [0.5, 0.6) is 0 Å². The van der Waals surface area contributed by atoms with E-state index in [9.17, 15) is 9.18 Å². The summed E-state index contributed by atoms with van der Waals surface area (Å²) in [6.07, 6.45) is 3.96. The number of hydrogen-bond acceptors (Lipinski definition) is 5. The van der Waals surface area contributed by atoms with Crippen molar-refractivity contribution in [2.45, 2.75) is 80.3 Å². The largest absolute Gasteiger partial charge is 0.489 e. The van der Waals surface area contributed by atoms with Gasteiger partial charge >= 0.3 is 0 Å². The lowest BCUT2D eigenvalue weighted by Gasteiger charge is -2.35. The lowest BCUT2D eigenvalue weighted by atomic mass is 9.71. The van der Waals surface area contributed by atoms with Gasteiger partial charge in [0.1, 0.15) is 23.4 Å². The molecule has 0 aliphatic carbocycles. The normalized spacial score (nSPS) is 14.4. The minimum Gasteiger partial charge on any atom is -0.489 e. The van der Waals surface area contributed by atoms with Crippen molar-refractivity contribution in [1.29, 1.82) is 0 Å². The van der Waals surface area contributed by atoms with Crippen LogP contribution >= 0.6 is 0 Å². The molecule has 1 aliphatic heterocycles. The number of Topliss-reactive ketones (excluding diaryl/α,β-unsaturated/α-hetero) is 1. The smallest absolute Gasteiger partial charge is 0.178 e. The van der Waals surface area contributed by atoms with E-state index >= 15 is 0 Å². The first-order valence-corrected chi connectivity index (χ1v) is 12.5. The Morgan fingerprint density at radius 3 is 2.19 bits per heavy atom. The van der Waals surface area contributed by atoms with E-state index in [0.717, 1.165) is 17.5 Å². The van der Waals surface area contributed by atoms with Gasteiger partial charge in [-0.15, -0.1) is 6.58 Å². The summed E-state index contributed by atoms with van der Waals surface area (Å²) < 4.78 is 29.7. The second-order valence-corrected chi connectivity index (χ2v) is 11.1. The van der Waals surface area contributed by atoms with Crippen molar-refractivity contribution in [3.8, 4) is 0 Å². The summed E-state index contributed by atoms with van der Waals surface area (Å²) in [5.41, 5.74) is 3.24. The fourth-order valence-electron chi connectivity index (χ4n) is 3.91. The number of methoxy groups -OCH3 is 1. The molecule has 0 radical (unpaired) electrons. The van der Waals surface area contributed by atoms with Crippen molar-refractivity contribution in [3.63, 3.8) is 0 Å². The third-order valence-electron chi connectivity index (χ3n) is 5.21. The van der Waals surface area contributed by atoms with E-state index in [2.05, 4.69) is 45.8 Å². The fourth-order valence-corrected chi connectivity index (χ4v) is 3.91. The molecule has 5 nitrogen and oxygen atoms in total. The van der Waals surface area contributed by atoms with E-state index in [1.807, 2.05) is 32.9 Å². The van der Waals surface area contributed by atoms with Crippen LogP contribution in [0.3, 0.4) is 0 Å². The summed E-state index contributed by atoms with van der Waals surface area (Å²) in [6.45, 7) is 26.7. The number of benzene rings is 1. The number of ether oxygens (including phenoxy) is 3. The molecule has 1 fully saturated rings. The topological polar surface area (TPSA) is 57.1 Å². The van der Waals surface area contributed by atoms with Gasteiger partial charge in [0.2, 0.25) is 0 Å². The third kappa shape index (κ3) is 14.7. The van der Waals surface area contributed by atoms with Crippen LogP contribution in [0.2, 0.25) is 0 Å². The number of rotatable bonds is 10. The zero-order valence-electron chi connectivity index (χ0n) is 24.7.